The molecule has 0 heterocycles. The summed E-state index contributed by atoms with van der Waals surface area (Å²) in [5.41, 5.74) is 3.86. The second kappa shape index (κ2) is 9.83. The fraction of sp³-hybridized carbons (Fsp3) is 0.250. The molecule has 27 heavy (non-hydrogen) atoms. The summed E-state index contributed by atoms with van der Waals surface area (Å²) in [5, 5.41) is 9.65. The van der Waals surface area contributed by atoms with Crippen LogP contribution in [0.4, 0.5) is 20.2 Å². The van der Waals surface area contributed by atoms with E-state index in [4.69, 9.17) is 0 Å². The van der Waals surface area contributed by atoms with E-state index in [1.165, 1.54) is 12.1 Å². The molecule has 0 bridgehead atoms. The number of benzene rings is 2. The van der Waals surface area contributed by atoms with Gasteiger partial charge in [0.05, 0.1) is 11.6 Å². The van der Waals surface area contributed by atoms with Crippen LogP contribution in [0.15, 0.2) is 42.5 Å². The van der Waals surface area contributed by atoms with Crippen LogP contribution in [0.3, 0.4) is 0 Å². The number of hydrogen-bond acceptors (Lipinski definition) is 5. The number of ether oxygens (including phenoxy) is 1. The molecular weight excluding hydrogens is 368 g/mol. The standard InChI is InChI=1S/C20H21F2N3OS/c1-4-27-24-16-7-10-18(19(12-16)25(2)3)15(13-23)11-14-5-8-17(9-6-14)26-20(21)22/h5-12,20,24H,4H2,1-3H3/b15-11+. The van der Waals surface area contributed by atoms with E-state index >= 15 is 0 Å². The van der Waals surface area contributed by atoms with Gasteiger partial charge in [0.25, 0.3) is 0 Å². The van der Waals surface area contributed by atoms with Gasteiger partial charge in [-0.3, -0.25) is 0 Å². The molecule has 4 nitrogen and oxygen atoms in total. The highest BCUT2D eigenvalue weighted by molar-refractivity contribution is 8.00. The molecule has 0 aromatic heterocycles. The molecule has 142 valence electrons. The summed E-state index contributed by atoms with van der Waals surface area (Å²) in [5.74, 6) is 1.02. The van der Waals surface area contributed by atoms with Gasteiger partial charge in [0.15, 0.2) is 0 Å². The highest BCUT2D eigenvalue weighted by Crippen LogP contribution is 2.31. The van der Waals surface area contributed by atoms with E-state index in [-0.39, 0.29) is 5.75 Å². The fourth-order valence-electron chi connectivity index (χ4n) is 2.43. The Hall–Kier alpha value is -2.72. The summed E-state index contributed by atoms with van der Waals surface area (Å²) in [6.45, 7) is -0.797. The van der Waals surface area contributed by atoms with Gasteiger partial charge in [0, 0.05) is 36.8 Å². The molecule has 7 heteroatoms. The lowest BCUT2D eigenvalue weighted by Gasteiger charge is -2.19. The molecule has 0 aliphatic rings. The first-order valence-corrected chi connectivity index (χ1v) is 9.29. The summed E-state index contributed by atoms with van der Waals surface area (Å²) in [4.78, 5) is 1.95. The summed E-state index contributed by atoms with van der Waals surface area (Å²) >= 11 is 1.60. The van der Waals surface area contributed by atoms with Crippen molar-refractivity contribution in [1.82, 2.24) is 0 Å². The summed E-state index contributed by atoms with van der Waals surface area (Å²) < 4.78 is 32.1. The van der Waals surface area contributed by atoms with E-state index < -0.39 is 6.61 Å². The van der Waals surface area contributed by atoms with Crippen LogP contribution in [0, 0.1) is 11.3 Å². The zero-order valence-corrected chi connectivity index (χ0v) is 16.2. The van der Waals surface area contributed by atoms with Crippen LogP contribution in [0.25, 0.3) is 11.6 Å². The van der Waals surface area contributed by atoms with E-state index in [0.717, 1.165) is 28.3 Å². The molecule has 1 N–H and O–H groups in total. The summed E-state index contributed by atoms with van der Waals surface area (Å²) in [6.07, 6.45) is 1.72. The van der Waals surface area contributed by atoms with Crippen LogP contribution in [-0.2, 0) is 0 Å². The van der Waals surface area contributed by atoms with E-state index in [9.17, 15) is 14.0 Å². The van der Waals surface area contributed by atoms with Crippen molar-refractivity contribution in [2.24, 2.45) is 0 Å². The van der Waals surface area contributed by atoms with E-state index in [2.05, 4.69) is 22.5 Å². The maximum absolute atomic E-state index is 12.2. The van der Waals surface area contributed by atoms with Crippen LogP contribution < -0.4 is 14.4 Å². The Morgan fingerprint density at radius 1 is 1.26 bits per heavy atom. The molecule has 2 aromatic carbocycles. The van der Waals surface area contributed by atoms with Crippen LogP contribution in [-0.4, -0.2) is 26.5 Å². The monoisotopic (exact) mass is 389 g/mol. The van der Waals surface area contributed by atoms with Crippen molar-refractivity contribution in [2.45, 2.75) is 13.5 Å². The third-order valence-electron chi connectivity index (χ3n) is 3.64. The van der Waals surface area contributed by atoms with Gasteiger partial charge in [-0.15, -0.1) is 0 Å². The second-order valence-electron chi connectivity index (χ2n) is 5.78. The van der Waals surface area contributed by atoms with Crippen molar-refractivity contribution < 1.29 is 13.5 Å². The second-order valence-corrected chi connectivity index (χ2v) is 6.85. The largest absolute Gasteiger partial charge is 0.435 e. The van der Waals surface area contributed by atoms with Crippen LogP contribution in [0.2, 0.25) is 0 Å². The molecule has 2 aromatic rings. The molecule has 0 aliphatic carbocycles. The first-order chi connectivity index (χ1) is 12.9. The molecule has 2 rings (SSSR count). The lowest BCUT2D eigenvalue weighted by Crippen LogP contribution is -2.11. The fourth-order valence-corrected chi connectivity index (χ4v) is 2.87. The van der Waals surface area contributed by atoms with Crippen molar-refractivity contribution in [3.63, 3.8) is 0 Å². The van der Waals surface area contributed by atoms with Crippen molar-refractivity contribution in [3.8, 4) is 11.8 Å². The molecule has 0 saturated heterocycles. The van der Waals surface area contributed by atoms with Crippen LogP contribution in [0.1, 0.15) is 18.1 Å². The smallest absolute Gasteiger partial charge is 0.387 e. The van der Waals surface area contributed by atoms with Crippen molar-refractivity contribution in [2.75, 3.05) is 29.5 Å². The first kappa shape index (κ1) is 20.6. The Kier molecular flexibility index (Phi) is 7.50. The number of hydrogen-bond donors (Lipinski definition) is 1. The third-order valence-corrected chi connectivity index (χ3v) is 4.31. The molecule has 0 radical (unpaired) electrons. The Morgan fingerprint density at radius 2 is 1.96 bits per heavy atom. The van der Waals surface area contributed by atoms with Crippen molar-refractivity contribution in [3.05, 3.63) is 53.6 Å². The van der Waals surface area contributed by atoms with Crippen LogP contribution >= 0.6 is 11.9 Å². The highest BCUT2D eigenvalue weighted by Gasteiger charge is 2.11. The van der Waals surface area contributed by atoms with Gasteiger partial charge in [0.2, 0.25) is 0 Å². The van der Waals surface area contributed by atoms with E-state index in [1.807, 2.05) is 37.2 Å². The maximum atomic E-state index is 12.2. The highest BCUT2D eigenvalue weighted by atomic mass is 32.2. The predicted molar refractivity (Wildman–Crippen MR) is 109 cm³/mol. The average molecular weight is 389 g/mol. The van der Waals surface area contributed by atoms with Gasteiger partial charge in [-0.05, 0) is 42.0 Å². The van der Waals surface area contributed by atoms with Crippen LogP contribution in [0.5, 0.6) is 5.75 Å². The molecular formula is C20H21F2N3OS. The Bertz CT molecular complexity index is 830. The van der Waals surface area contributed by atoms with Gasteiger partial charge in [-0.1, -0.05) is 31.0 Å². The zero-order chi connectivity index (χ0) is 19.8. The lowest BCUT2D eigenvalue weighted by atomic mass is 10.0. The van der Waals surface area contributed by atoms with E-state index in [1.54, 1.807) is 30.2 Å². The topological polar surface area (TPSA) is 48.3 Å². The molecule has 0 fully saturated rings. The van der Waals surface area contributed by atoms with Gasteiger partial charge in [-0.25, -0.2) is 0 Å². The number of rotatable bonds is 8. The minimum absolute atomic E-state index is 0.0819. The molecule has 0 amide bonds. The SMILES string of the molecule is CCSNc1ccc(/C(C#N)=C/c2ccc(OC(F)F)cc2)c(N(C)C)c1. The summed E-state index contributed by atoms with van der Waals surface area (Å²) in [6, 6.07) is 14.2. The normalized spacial score (nSPS) is 11.2. The van der Waals surface area contributed by atoms with Gasteiger partial charge < -0.3 is 14.4 Å². The number of halogens is 2. The Labute approximate surface area is 162 Å². The number of nitrogens with one attached hydrogen (secondary N) is 1. The van der Waals surface area contributed by atoms with Crippen molar-refractivity contribution in [1.29, 1.82) is 5.26 Å². The number of alkyl halides is 2. The maximum Gasteiger partial charge on any atom is 0.387 e. The van der Waals surface area contributed by atoms with Crippen molar-refractivity contribution >= 4 is 35.0 Å². The number of nitriles is 1. The molecule has 0 atom stereocenters. The van der Waals surface area contributed by atoms with Gasteiger partial charge in [-0.2, -0.15) is 14.0 Å². The third kappa shape index (κ3) is 5.90. The average Bonchev–Trinajstić information content (AvgIpc) is 2.65. The molecule has 0 saturated carbocycles. The summed E-state index contributed by atoms with van der Waals surface area (Å²) in [7, 11) is 3.84. The molecule has 0 unspecified atom stereocenters. The van der Waals surface area contributed by atoms with E-state index in [0.29, 0.717) is 5.57 Å². The van der Waals surface area contributed by atoms with Gasteiger partial charge in [0.1, 0.15) is 5.75 Å². The predicted octanol–water partition coefficient (Wildman–Crippen LogP) is 5.50. The minimum Gasteiger partial charge on any atom is -0.435 e. The minimum atomic E-state index is -2.86. The lowest BCUT2D eigenvalue weighted by molar-refractivity contribution is -0.0498. The number of nitrogens with zero attached hydrogens (tertiary/aromatic N) is 2. The number of anilines is 2. The Balaban J connectivity index is 2.35. The number of allylic oxidation sites excluding steroid dienone is 1. The zero-order valence-electron chi connectivity index (χ0n) is 15.4. The molecule has 0 spiro atoms. The first-order valence-electron chi connectivity index (χ1n) is 8.30. The van der Waals surface area contributed by atoms with Gasteiger partial charge >= 0.3 is 6.61 Å². The Morgan fingerprint density at radius 3 is 2.52 bits per heavy atom. The quantitative estimate of drug-likeness (QED) is 0.367. The molecule has 0 aliphatic heterocycles.